The molecule has 0 saturated heterocycles. The maximum atomic E-state index is 12.0. The fourth-order valence-corrected chi connectivity index (χ4v) is 3.82. The Morgan fingerprint density at radius 1 is 1.41 bits per heavy atom. The van der Waals surface area contributed by atoms with Crippen molar-refractivity contribution >= 4 is 49.4 Å². The summed E-state index contributed by atoms with van der Waals surface area (Å²) in [5, 5.41) is 12.8. The standard InChI is InChI=1S/C15H15BrN2O3S/c16-9-2-3-11-10(8-9)17-13(22-11)5-4-12(19)18-15(14(20)21)6-1-7-15/h2-3,8H,1,4-7H2,(H,18,19)(H,20,21). The number of carbonyl (C=O) groups excluding carboxylic acids is 1. The first kappa shape index (κ1) is 15.4. The number of nitrogens with zero attached hydrogens (tertiary/aromatic N) is 1. The highest BCUT2D eigenvalue weighted by atomic mass is 79.9. The van der Waals surface area contributed by atoms with E-state index in [9.17, 15) is 14.7 Å². The predicted octanol–water partition coefficient (Wildman–Crippen LogP) is 3.11. The number of carboxylic acids is 1. The average molecular weight is 383 g/mol. The van der Waals surface area contributed by atoms with E-state index in [1.165, 1.54) is 0 Å². The number of carboxylic acid groups (broad SMARTS) is 1. The number of benzene rings is 1. The summed E-state index contributed by atoms with van der Waals surface area (Å²) in [4.78, 5) is 27.7. The van der Waals surface area contributed by atoms with Crippen molar-refractivity contribution in [1.82, 2.24) is 10.3 Å². The molecule has 116 valence electrons. The highest BCUT2D eigenvalue weighted by Crippen LogP contribution is 2.32. The van der Waals surface area contributed by atoms with E-state index in [4.69, 9.17) is 0 Å². The highest BCUT2D eigenvalue weighted by molar-refractivity contribution is 9.10. The van der Waals surface area contributed by atoms with Crippen LogP contribution < -0.4 is 5.32 Å². The van der Waals surface area contributed by atoms with E-state index in [0.717, 1.165) is 26.1 Å². The molecule has 1 aliphatic rings. The molecule has 0 radical (unpaired) electrons. The largest absolute Gasteiger partial charge is 0.480 e. The molecule has 2 N–H and O–H groups in total. The molecule has 7 heteroatoms. The molecule has 0 bridgehead atoms. The second-order valence-electron chi connectivity index (χ2n) is 5.51. The number of fused-ring (bicyclic) bond motifs is 1. The van der Waals surface area contributed by atoms with Crippen LogP contribution in [0.4, 0.5) is 0 Å². The van der Waals surface area contributed by atoms with Gasteiger partial charge in [-0.25, -0.2) is 9.78 Å². The van der Waals surface area contributed by atoms with Gasteiger partial charge in [-0.2, -0.15) is 0 Å². The first-order chi connectivity index (χ1) is 10.5. The Morgan fingerprint density at radius 2 is 2.18 bits per heavy atom. The smallest absolute Gasteiger partial charge is 0.329 e. The Kier molecular flexibility index (Phi) is 4.18. The average Bonchev–Trinajstić information content (AvgIpc) is 2.82. The lowest BCUT2D eigenvalue weighted by atomic mass is 9.76. The molecule has 1 amide bonds. The normalized spacial score (nSPS) is 16.2. The third-order valence-electron chi connectivity index (χ3n) is 3.96. The molecule has 1 heterocycles. The van der Waals surface area contributed by atoms with Gasteiger partial charge < -0.3 is 10.4 Å². The molecule has 22 heavy (non-hydrogen) atoms. The zero-order valence-corrected chi connectivity index (χ0v) is 14.2. The van der Waals surface area contributed by atoms with Gasteiger partial charge in [-0.1, -0.05) is 15.9 Å². The van der Waals surface area contributed by atoms with Crippen molar-refractivity contribution in [3.8, 4) is 0 Å². The number of aliphatic carboxylic acids is 1. The Morgan fingerprint density at radius 3 is 2.82 bits per heavy atom. The third-order valence-corrected chi connectivity index (χ3v) is 5.54. The highest BCUT2D eigenvalue weighted by Gasteiger charge is 2.45. The summed E-state index contributed by atoms with van der Waals surface area (Å²) in [5.41, 5.74) is -0.119. The molecule has 2 aromatic rings. The van der Waals surface area contributed by atoms with Gasteiger partial charge in [-0.15, -0.1) is 11.3 Å². The Bertz CT molecular complexity index is 739. The van der Waals surface area contributed by atoms with E-state index in [-0.39, 0.29) is 12.3 Å². The molecule has 1 fully saturated rings. The summed E-state index contributed by atoms with van der Waals surface area (Å²) in [6, 6.07) is 5.90. The summed E-state index contributed by atoms with van der Waals surface area (Å²) in [6.07, 6.45) is 2.67. The van der Waals surface area contributed by atoms with Gasteiger partial charge >= 0.3 is 5.97 Å². The van der Waals surface area contributed by atoms with Crippen molar-refractivity contribution in [2.75, 3.05) is 0 Å². The van der Waals surface area contributed by atoms with Crippen LogP contribution >= 0.6 is 27.3 Å². The van der Waals surface area contributed by atoms with E-state index in [2.05, 4.69) is 26.2 Å². The first-order valence-electron chi connectivity index (χ1n) is 7.08. The van der Waals surface area contributed by atoms with Crippen LogP contribution in [0.5, 0.6) is 0 Å². The second kappa shape index (κ2) is 5.96. The summed E-state index contributed by atoms with van der Waals surface area (Å²) in [5.74, 6) is -1.15. The Hall–Kier alpha value is -1.47. The van der Waals surface area contributed by atoms with Crippen molar-refractivity contribution < 1.29 is 14.7 Å². The number of carbonyl (C=O) groups is 2. The molecule has 0 unspecified atom stereocenters. The molecule has 1 saturated carbocycles. The lowest BCUT2D eigenvalue weighted by Gasteiger charge is -2.38. The number of halogens is 1. The molecule has 1 aliphatic carbocycles. The van der Waals surface area contributed by atoms with Crippen molar-refractivity contribution in [2.24, 2.45) is 0 Å². The van der Waals surface area contributed by atoms with Crippen LogP contribution in [0.2, 0.25) is 0 Å². The van der Waals surface area contributed by atoms with Crippen LogP contribution in [0.15, 0.2) is 22.7 Å². The number of aromatic nitrogens is 1. The Balaban J connectivity index is 1.61. The number of amides is 1. The minimum atomic E-state index is -1.03. The zero-order valence-electron chi connectivity index (χ0n) is 11.8. The Labute approximate surface area is 139 Å². The predicted molar refractivity (Wildman–Crippen MR) is 88.0 cm³/mol. The molecule has 0 atom stereocenters. The number of nitrogens with one attached hydrogen (secondary N) is 1. The van der Waals surface area contributed by atoms with Crippen LogP contribution in [0.25, 0.3) is 10.2 Å². The first-order valence-corrected chi connectivity index (χ1v) is 8.69. The van der Waals surface area contributed by atoms with Crippen molar-refractivity contribution in [3.63, 3.8) is 0 Å². The quantitative estimate of drug-likeness (QED) is 0.832. The lowest BCUT2D eigenvalue weighted by molar-refractivity contribution is -0.151. The number of thiazole rings is 1. The molecule has 0 spiro atoms. The SMILES string of the molecule is O=C(CCc1nc2cc(Br)ccc2s1)NC1(C(=O)O)CCC1. The molecular weight excluding hydrogens is 368 g/mol. The summed E-state index contributed by atoms with van der Waals surface area (Å²) < 4.78 is 2.06. The maximum absolute atomic E-state index is 12.0. The fourth-order valence-electron chi connectivity index (χ4n) is 2.53. The van der Waals surface area contributed by atoms with Crippen LogP contribution in [0, 0.1) is 0 Å². The number of hydrogen-bond acceptors (Lipinski definition) is 4. The van der Waals surface area contributed by atoms with Crippen molar-refractivity contribution in [1.29, 1.82) is 0 Å². The van der Waals surface area contributed by atoms with Gasteiger partial charge in [0.2, 0.25) is 5.91 Å². The molecule has 3 rings (SSSR count). The summed E-state index contributed by atoms with van der Waals surface area (Å²) >= 11 is 4.97. The molecule has 0 aliphatic heterocycles. The van der Waals surface area contributed by atoms with Gasteiger partial charge in [0.1, 0.15) is 5.54 Å². The van der Waals surface area contributed by atoms with Gasteiger partial charge in [0, 0.05) is 17.3 Å². The second-order valence-corrected chi connectivity index (χ2v) is 7.54. The van der Waals surface area contributed by atoms with Crippen molar-refractivity contribution in [3.05, 3.63) is 27.7 Å². The van der Waals surface area contributed by atoms with Gasteiger partial charge in [0.05, 0.1) is 15.2 Å². The number of rotatable bonds is 5. The third kappa shape index (κ3) is 3.01. The topological polar surface area (TPSA) is 79.3 Å². The minimum Gasteiger partial charge on any atom is -0.480 e. The van der Waals surface area contributed by atoms with Crippen LogP contribution in [-0.4, -0.2) is 27.5 Å². The minimum absolute atomic E-state index is 0.220. The van der Waals surface area contributed by atoms with E-state index in [1.54, 1.807) is 11.3 Å². The number of hydrogen-bond donors (Lipinski definition) is 2. The monoisotopic (exact) mass is 382 g/mol. The van der Waals surface area contributed by atoms with Gasteiger partial charge in [0.15, 0.2) is 0 Å². The van der Waals surface area contributed by atoms with Crippen LogP contribution in [-0.2, 0) is 16.0 Å². The molecule has 5 nitrogen and oxygen atoms in total. The van der Waals surface area contributed by atoms with Crippen LogP contribution in [0.1, 0.15) is 30.7 Å². The van der Waals surface area contributed by atoms with E-state index in [1.807, 2.05) is 18.2 Å². The van der Waals surface area contributed by atoms with E-state index >= 15 is 0 Å². The number of aryl methyl sites for hydroxylation is 1. The summed E-state index contributed by atoms with van der Waals surface area (Å²) in [7, 11) is 0. The van der Waals surface area contributed by atoms with E-state index in [0.29, 0.717) is 19.3 Å². The van der Waals surface area contributed by atoms with E-state index < -0.39 is 11.5 Å². The van der Waals surface area contributed by atoms with Crippen molar-refractivity contribution in [2.45, 2.75) is 37.6 Å². The van der Waals surface area contributed by atoms with Gasteiger partial charge in [-0.3, -0.25) is 4.79 Å². The summed E-state index contributed by atoms with van der Waals surface area (Å²) in [6.45, 7) is 0. The zero-order chi connectivity index (χ0) is 15.7. The molecule has 1 aromatic carbocycles. The molecular formula is C15H15BrN2O3S. The maximum Gasteiger partial charge on any atom is 0.329 e. The van der Waals surface area contributed by atoms with Gasteiger partial charge in [-0.05, 0) is 37.5 Å². The lowest BCUT2D eigenvalue weighted by Crippen LogP contribution is -2.59. The van der Waals surface area contributed by atoms with Gasteiger partial charge in [0.25, 0.3) is 0 Å². The fraction of sp³-hybridized carbons (Fsp3) is 0.400. The molecule has 1 aromatic heterocycles. The van der Waals surface area contributed by atoms with Crippen LogP contribution in [0.3, 0.4) is 0 Å².